The number of nitrogens with one attached hydrogen (secondary N) is 1. The monoisotopic (exact) mass is 439 g/mol. The van der Waals surface area contributed by atoms with Gasteiger partial charge in [0, 0.05) is 23.2 Å². The minimum absolute atomic E-state index is 0.00598. The Labute approximate surface area is 191 Å². The topological polar surface area (TPSA) is 35.6 Å². The van der Waals surface area contributed by atoms with E-state index in [2.05, 4.69) is 15.1 Å². The van der Waals surface area contributed by atoms with Crippen molar-refractivity contribution in [3.8, 4) is 11.1 Å². The largest absolute Gasteiger partial charge is 0.352 e. The molecule has 2 aromatic rings. The molecule has 2 heterocycles. The number of likely N-dealkylation sites (tertiary alicyclic amines) is 2. The second-order valence-electron chi connectivity index (χ2n) is 8.86. The smallest absolute Gasteiger partial charge is 0.251 e. The minimum Gasteiger partial charge on any atom is -0.352 e. The van der Waals surface area contributed by atoms with Crippen LogP contribution in [-0.2, 0) is 0 Å². The normalized spacial score (nSPS) is 18.7. The average Bonchev–Trinajstić information content (AvgIpc) is 2.83. The van der Waals surface area contributed by atoms with Crippen LogP contribution >= 0.6 is 11.6 Å². The molecule has 0 unspecified atom stereocenters. The molecule has 4 rings (SSSR count). The summed E-state index contributed by atoms with van der Waals surface area (Å²) < 4.78 is 0. The van der Waals surface area contributed by atoms with Crippen LogP contribution in [0.15, 0.2) is 48.5 Å². The van der Waals surface area contributed by atoms with Gasteiger partial charge in [-0.2, -0.15) is 0 Å². The zero-order valence-corrected chi connectivity index (χ0v) is 19.1. The van der Waals surface area contributed by atoms with Gasteiger partial charge < -0.3 is 15.1 Å². The molecule has 166 valence electrons. The highest BCUT2D eigenvalue weighted by Crippen LogP contribution is 2.22. The summed E-state index contributed by atoms with van der Waals surface area (Å²) in [6, 6.07) is 16.3. The third-order valence-electron chi connectivity index (χ3n) is 6.73. The first kappa shape index (κ1) is 22.3. The summed E-state index contributed by atoms with van der Waals surface area (Å²) in [5.41, 5.74) is 2.89. The maximum Gasteiger partial charge on any atom is 0.251 e. The molecule has 0 bridgehead atoms. The van der Waals surface area contributed by atoms with E-state index in [-0.39, 0.29) is 5.91 Å². The van der Waals surface area contributed by atoms with E-state index >= 15 is 0 Å². The molecule has 2 saturated heterocycles. The Balaban J connectivity index is 1.15. The van der Waals surface area contributed by atoms with Crippen molar-refractivity contribution < 1.29 is 4.79 Å². The molecule has 0 spiro atoms. The van der Waals surface area contributed by atoms with Crippen molar-refractivity contribution in [2.45, 2.75) is 44.6 Å². The van der Waals surface area contributed by atoms with Gasteiger partial charge in [-0.05, 0) is 100 Å². The van der Waals surface area contributed by atoms with Gasteiger partial charge in [-0.15, -0.1) is 0 Å². The summed E-state index contributed by atoms with van der Waals surface area (Å²) in [5, 5.41) is 3.80. The van der Waals surface area contributed by atoms with Crippen LogP contribution < -0.4 is 5.32 Å². The lowest BCUT2D eigenvalue weighted by Gasteiger charge is -2.40. The third-order valence-corrected chi connectivity index (χ3v) is 6.98. The average molecular weight is 440 g/mol. The molecule has 2 aliphatic heterocycles. The molecular weight excluding hydrogens is 406 g/mol. The first-order valence-corrected chi connectivity index (χ1v) is 12.2. The van der Waals surface area contributed by atoms with E-state index in [9.17, 15) is 4.79 Å². The number of hydrogen-bond acceptors (Lipinski definition) is 3. The van der Waals surface area contributed by atoms with Crippen molar-refractivity contribution in [1.82, 2.24) is 15.1 Å². The number of hydrogen-bond donors (Lipinski definition) is 1. The lowest BCUT2D eigenvalue weighted by atomic mass is 10.00. The van der Waals surface area contributed by atoms with E-state index in [1.54, 1.807) is 0 Å². The van der Waals surface area contributed by atoms with Gasteiger partial charge in [-0.1, -0.05) is 42.3 Å². The number of carbonyl (C=O) groups excluding carboxylic acids is 1. The fraction of sp³-hybridized carbons (Fsp3) is 0.500. The molecule has 31 heavy (non-hydrogen) atoms. The molecule has 2 aliphatic rings. The number of rotatable bonds is 7. The fourth-order valence-corrected chi connectivity index (χ4v) is 4.98. The Hall–Kier alpha value is -1.88. The quantitative estimate of drug-likeness (QED) is 0.611. The Bertz CT molecular complexity index is 823. The second kappa shape index (κ2) is 11.1. The maximum atomic E-state index is 12.5. The van der Waals surface area contributed by atoms with Crippen molar-refractivity contribution in [1.29, 1.82) is 0 Å². The van der Waals surface area contributed by atoms with Gasteiger partial charge >= 0.3 is 0 Å². The molecule has 5 heteroatoms. The number of carbonyl (C=O) groups is 1. The van der Waals surface area contributed by atoms with Crippen LogP contribution in [0.3, 0.4) is 0 Å². The Kier molecular flexibility index (Phi) is 8.01. The molecule has 4 nitrogen and oxygen atoms in total. The standard InChI is InChI=1S/C26H34ClN3O/c27-24-11-9-22(10-12-24)21-5-7-23(8-6-21)26(31)28-15-4-16-29-19-13-25(14-20-29)30-17-2-1-3-18-30/h5-12,25H,1-4,13-20H2,(H,28,31). The van der Waals surface area contributed by atoms with Gasteiger partial charge in [0.15, 0.2) is 0 Å². The van der Waals surface area contributed by atoms with Crippen molar-refractivity contribution in [2.75, 3.05) is 39.3 Å². The summed E-state index contributed by atoms with van der Waals surface area (Å²) >= 11 is 5.96. The SMILES string of the molecule is O=C(NCCCN1CCC(N2CCCCC2)CC1)c1ccc(-c2ccc(Cl)cc2)cc1. The van der Waals surface area contributed by atoms with E-state index in [0.717, 1.165) is 41.7 Å². The van der Waals surface area contributed by atoms with Crippen LogP contribution in [-0.4, -0.2) is 61.0 Å². The molecule has 0 radical (unpaired) electrons. The predicted octanol–water partition coefficient (Wildman–Crippen LogP) is 5.08. The third kappa shape index (κ3) is 6.31. The molecule has 0 saturated carbocycles. The number of nitrogens with zero attached hydrogens (tertiary/aromatic N) is 2. The fourth-order valence-electron chi connectivity index (χ4n) is 4.85. The van der Waals surface area contributed by atoms with Crippen LogP contribution in [0.2, 0.25) is 5.02 Å². The minimum atomic E-state index is 0.00598. The van der Waals surface area contributed by atoms with Crippen molar-refractivity contribution >= 4 is 17.5 Å². The van der Waals surface area contributed by atoms with Crippen molar-refractivity contribution in [3.05, 3.63) is 59.1 Å². The summed E-state index contributed by atoms with van der Waals surface area (Å²) in [5.74, 6) is 0.00598. The molecular formula is C26H34ClN3O. The molecule has 0 atom stereocenters. The van der Waals surface area contributed by atoms with E-state index in [1.165, 1.54) is 58.3 Å². The van der Waals surface area contributed by atoms with Crippen molar-refractivity contribution in [2.24, 2.45) is 0 Å². The lowest BCUT2D eigenvalue weighted by molar-refractivity contribution is 0.0903. The highest BCUT2D eigenvalue weighted by molar-refractivity contribution is 6.30. The van der Waals surface area contributed by atoms with Crippen LogP contribution in [0, 0.1) is 0 Å². The molecule has 0 aromatic heterocycles. The first-order chi connectivity index (χ1) is 15.2. The van der Waals surface area contributed by atoms with Gasteiger partial charge in [-0.3, -0.25) is 4.79 Å². The number of halogens is 1. The van der Waals surface area contributed by atoms with Crippen LogP contribution in [0.4, 0.5) is 0 Å². The van der Waals surface area contributed by atoms with Crippen LogP contribution in [0.25, 0.3) is 11.1 Å². The highest BCUT2D eigenvalue weighted by atomic mass is 35.5. The maximum absolute atomic E-state index is 12.5. The summed E-state index contributed by atoms with van der Waals surface area (Å²) in [4.78, 5) is 17.7. The molecule has 2 aromatic carbocycles. The van der Waals surface area contributed by atoms with E-state index < -0.39 is 0 Å². The highest BCUT2D eigenvalue weighted by Gasteiger charge is 2.25. The van der Waals surface area contributed by atoms with Gasteiger partial charge in [0.25, 0.3) is 5.91 Å². The van der Waals surface area contributed by atoms with Crippen LogP contribution in [0.5, 0.6) is 0 Å². The number of amides is 1. The summed E-state index contributed by atoms with van der Waals surface area (Å²) in [6.07, 6.45) is 7.77. The zero-order valence-electron chi connectivity index (χ0n) is 18.4. The van der Waals surface area contributed by atoms with Gasteiger partial charge in [0.05, 0.1) is 0 Å². The second-order valence-corrected chi connectivity index (χ2v) is 9.30. The van der Waals surface area contributed by atoms with Gasteiger partial charge in [0.2, 0.25) is 0 Å². The Morgan fingerprint density at radius 3 is 2.13 bits per heavy atom. The summed E-state index contributed by atoms with van der Waals surface area (Å²) in [7, 11) is 0. The first-order valence-electron chi connectivity index (χ1n) is 11.8. The van der Waals surface area contributed by atoms with E-state index in [0.29, 0.717) is 5.56 Å². The number of piperidine rings is 2. The van der Waals surface area contributed by atoms with E-state index in [4.69, 9.17) is 11.6 Å². The van der Waals surface area contributed by atoms with Gasteiger partial charge in [0.1, 0.15) is 0 Å². The zero-order chi connectivity index (χ0) is 21.5. The van der Waals surface area contributed by atoms with E-state index in [1.807, 2.05) is 48.5 Å². The van der Waals surface area contributed by atoms with Gasteiger partial charge in [-0.25, -0.2) is 0 Å². The Morgan fingerprint density at radius 1 is 0.871 bits per heavy atom. The lowest BCUT2D eigenvalue weighted by Crippen LogP contribution is -2.47. The molecule has 2 fully saturated rings. The predicted molar refractivity (Wildman–Crippen MR) is 129 cm³/mol. The molecule has 1 N–H and O–H groups in total. The number of benzene rings is 2. The van der Waals surface area contributed by atoms with Crippen LogP contribution in [0.1, 0.15) is 48.9 Å². The van der Waals surface area contributed by atoms with Crippen molar-refractivity contribution in [3.63, 3.8) is 0 Å². The molecule has 1 amide bonds. The summed E-state index contributed by atoms with van der Waals surface area (Å²) in [6.45, 7) is 6.80. The Morgan fingerprint density at radius 2 is 1.48 bits per heavy atom. The molecule has 0 aliphatic carbocycles.